The molecule has 88 valence electrons. The summed E-state index contributed by atoms with van der Waals surface area (Å²) in [5.41, 5.74) is 9.56. The molecule has 2 N–H and O–H groups in total. The molecule has 0 saturated heterocycles. The average Bonchev–Trinajstić information content (AvgIpc) is 2.70. The molecule has 2 rings (SSSR count). The first-order valence-electron chi connectivity index (χ1n) is 6.52. The van der Waals surface area contributed by atoms with Gasteiger partial charge in [0.15, 0.2) is 0 Å². The van der Waals surface area contributed by atoms with Crippen molar-refractivity contribution >= 4 is 0 Å². The Balaban J connectivity index is 2.02. The fourth-order valence-corrected chi connectivity index (χ4v) is 2.91. The molecule has 0 unspecified atom stereocenters. The van der Waals surface area contributed by atoms with Crippen LogP contribution in [0.1, 0.15) is 44.2 Å². The lowest BCUT2D eigenvalue weighted by atomic mass is 9.83. The predicted octanol–water partition coefficient (Wildman–Crippen LogP) is 3.31. The van der Waals surface area contributed by atoms with Gasteiger partial charge in [0.1, 0.15) is 0 Å². The Morgan fingerprint density at radius 1 is 1.12 bits per heavy atom. The summed E-state index contributed by atoms with van der Waals surface area (Å²) < 4.78 is 0. The molecule has 1 aromatic carbocycles. The van der Waals surface area contributed by atoms with Crippen LogP contribution in [-0.4, -0.2) is 5.54 Å². The Kier molecular flexibility index (Phi) is 3.34. The van der Waals surface area contributed by atoms with Gasteiger partial charge in [0, 0.05) is 5.54 Å². The van der Waals surface area contributed by atoms with Gasteiger partial charge in [-0.15, -0.1) is 0 Å². The summed E-state index contributed by atoms with van der Waals surface area (Å²) in [5.74, 6) is 0.766. The maximum atomic E-state index is 6.41. The van der Waals surface area contributed by atoms with E-state index in [0.29, 0.717) is 0 Å². The lowest BCUT2D eigenvalue weighted by molar-refractivity contribution is 0.302. The average molecular weight is 217 g/mol. The SMILES string of the molecule is CCC(N)(CC)CC1Cc2ccccc2C1. The molecule has 16 heavy (non-hydrogen) atoms. The topological polar surface area (TPSA) is 26.0 Å². The standard InChI is InChI=1S/C15H23N/c1-3-15(16,4-2)11-12-9-13-7-5-6-8-14(13)10-12/h5-8,12H,3-4,9-11,16H2,1-2H3. The van der Waals surface area contributed by atoms with Crippen molar-refractivity contribution < 1.29 is 0 Å². The molecule has 1 aliphatic rings. The second-order valence-electron chi connectivity index (χ2n) is 5.32. The Bertz CT molecular complexity index is 327. The predicted molar refractivity (Wildman–Crippen MR) is 69.5 cm³/mol. The van der Waals surface area contributed by atoms with Crippen molar-refractivity contribution in [3.05, 3.63) is 35.4 Å². The van der Waals surface area contributed by atoms with Crippen molar-refractivity contribution in [1.29, 1.82) is 0 Å². The van der Waals surface area contributed by atoms with Crippen LogP contribution in [0, 0.1) is 5.92 Å². The fourth-order valence-electron chi connectivity index (χ4n) is 2.91. The summed E-state index contributed by atoms with van der Waals surface area (Å²) in [6.45, 7) is 4.43. The van der Waals surface area contributed by atoms with Crippen LogP contribution in [0.25, 0.3) is 0 Å². The number of hydrogen-bond donors (Lipinski definition) is 1. The van der Waals surface area contributed by atoms with E-state index in [-0.39, 0.29) is 5.54 Å². The van der Waals surface area contributed by atoms with Crippen LogP contribution in [0.15, 0.2) is 24.3 Å². The first-order chi connectivity index (χ1) is 7.67. The van der Waals surface area contributed by atoms with E-state index in [1.807, 2.05) is 0 Å². The van der Waals surface area contributed by atoms with Crippen LogP contribution >= 0.6 is 0 Å². The molecule has 0 bridgehead atoms. The van der Waals surface area contributed by atoms with Gasteiger partial charge in [-0.2, -0.15) is 0 Å². The lowest BCUT2D eigenvalue weighted by Gasteiger charge is -2.29. The largest absolute Gasteiger partial charge is 0.325 e. The Morgan fingerprint density at radius 2 is 1.62 bits per heavy atom. The first-order valence-corrected chi connectivity index (χ1v) is 6.52. The van der Waals surface area contributed by atoms with Crippen LogP contribution in [0.5, 0.6) is 0 Å². The van der Waals surface area contributed by atoms with Gasteiger partial charge < -0.3 is 5.73 Å². The van der Waals surface area contributed by atoms with Crippen molar-refractivity contribution in [2.45, 2.75) is 51.5 Å². The first kappa shape index (κ1) is 11.7. The van der Waals surface area contributed by atoms with Gasteiger partial charge in [0.25, 0.3) is 0 Å². The zero-order chi connectivity index (χ0) is 11.6. The van der Waals surface area contributed by atoms with Crippen molar-refractivity contribution in [3.63, 3.8) is 0 Å². The van der Waals surface area contributed by atoms with E-state index in [9.17, 15) is 0 Å². The molecule has 0 fully saturated rings. The number of fused-ring (bicyclic) bond motifs is 1. The van der Waals surface area contributed by atoms with E-state index in [4.69, 9.17) is 5.73 Å². The minimum Gasteiger partial charge on any atom is -0.325 e. The third-order valence-corrected chi connectivity index (χ3v) is 4.24. The molecule has 0 aromatic heterocycles. The molecule has 0 saturated carbocycles. The van der Waals surface area contributed by atoms with E-state index in [1.54, 1.807) is 11.1 Å². The number of nitrogens with two attached hydrogens (primary N) is 1. The maximum absolute atomic E-state index is 6.41. The molecule has 1 aliphatic carbocycles. The van der Waals surface area contributed by atoms with Crippen LogP contribution in [0.3, 0.4) is 0 Å². The molecular weight excluding hydrogens is 194 g/mol. The van der Waals surface area contributed by atoms with E-state index in [2.05, 4.69) is 38.1 Å². The molecule has 0 radical (unpaired) electrons. The van der Waals surface area contributed by atoms with Crippen LogP contribution in [0.4, 0.5) is 0 Å². The van der Waals surface area contributed by atoms with Crippen LogP contribution in [-0.2, 0) is 12.8 Å². The smallest absolute Gasteiger partial charge is 0.0152 e. The van der Waals surface area contributed by atoms with Crippen molar-refractivity contribution in [2.75, 3.05) is 0 Å². The minimum atomic E-state index is 0.0622. The normalized spacial score (nSPS) is 16.4. The Labute approximate surface area is 99.0 Å². The molecule has 0 heterocycles. The monoisotopic (exact) mass is 217 g/mol. The van der Waals surface area contributed by atoms with E-state index in [0.717, 1.165) is 18.8 Å². The van der Waals surface area contributed by atoms with E-state index in [1.165, 1.54) is 19.3 Å². The Hall–Kier alpha value is -0.820. The molecule has 0 spiro atoms. The number of hydrogen-bond acceptors (Lipinski definition) is 1. The number of rotatable bonds is 4. The van der Waals surface area contributed by atoms with Crippen LogP contribution < -0.4 is 5.73 Å². The van der Waals surface area contributed by atoms with Gasteiger partial charge in [0.2, 0.25) is 0 Å². The zero-order valence-corrected chi connectivity index (χ0v) is 10.5. The highest BCUT2D eigenvalue weighted by atomic mass is 14.7. The summed E-state index contributed by atoms with van der Waals surface area (Å²) in [5, 5.41) is 0. The van der Waals surface area contributed by atoms with Gasteiger partial charge in [-0.1, -0.05) is 38.1 Å². The van der Waals surface area contributed by atoms with Crippen molar-refractivity contribution in [1.82, 2.24) is 0 Å². The van der Waals surface area contributed by atoms with Gasteiger partial charge in [-0.05, 0) is 49.1 Å². The van der Waals surface area contributed by atoms with E-state index >= 15 is 0 Å². The summed E-state index contributed by atoms with van der Waals surface area (Å²) in [7, 11) is 0. The molecule has 0 aliphatic heterocycles. The Morgan fingerprint density at radius 3 is 2.06 bits per heavy atom. The van der Waals surface area contributed by atoms with Crippen molar-refractivity contribution in [2.24, 2.45) is 11.7 Å². The summed E-state index contributed by atoms with van der Waals surface area (Å²) in [6, 6.07) is 8.84. The number of benzene rings is 1. The van der Waals surface area contributed by atoms with Crippen molar-refractivity contribution in [3.8, 4) is 0 Å². The minimum absolute atomic E-state index is 0.0622. The molecule has 1 aromatic rings. The highest BCUT2D eigenvalue weighted by Crippen LogP contribution is 2.33. The van der Waals surface area contributed by atoms with Gasteiger partial charge in [0.05, 0.1) is 0 Å². The highest BCUT2D eigenvalue weighted by Gasteiger charge is 2.29. The lowest BCUT2D eigenvalue weighted by Crippen LogP contribution is -2.40. The maximum Gasteiger partial charge on any atom is 0.0152 e. The van der Waals surface area contributed by atoms with Gasteiger partial charge >= 0.3 is 0 Å². The quantitative estimate of drug-likeness (QED) is 0.822. The molecule has 1 nitrogen and oxygen atoms in total. The second-order valence-corrected chi connectivity index (χ2v) is 5.32. The molecular formula is C15H23N. The third-order valence-electron chi connectivity index (χ3n) is 4.24. The molecule has 0 amide bonds. The second kappa shape index (κ2) is 4.58. The van der Waals surface area contributed by atoms with E-state index < -0.39 is 0 Å². The zero-order valence-electron chi connectivity index (χ0n) is 10.5. The highest BCUT2D eigenvalue weighted by molar-refractivity contribution is 5.32. The summed E-state index contributed by atoms with van der Waals surface area (Å²) >= 11 is 0. The van der Waals surface area contributed by atoms with Gasteiger partial charge in [-0.3, -0.25) is 0 Å². The van der Waals surface area contributed by atoms with Crippen LogP contribution in [0.2, 0.25) is 0 Å². The summed E-state index contributed by atoms with van der Waals surface area (Å²) in [6.07, 6.45) is 5.83. The van der Waals surface area contributed by atoms with Gasteiger partial charge in [-0.25, -0.2) is 0 Å². The fraction of sp³-hybridized carbons (Fsp3) is 0.600. The molecule has 0 atom stereocenters. The molecule has 1 heteroatoms. The summed E-state index contributed by atoms with van der Waals surface area (Å²) in [4.78, 5) is 0. The third kappa shape index (κ3) is 2.30.